The molecule has 0 radical (unpaired) electrons. The van der Waals surface area contributed by atoms with Crippen molar-refractivity contribution in [2.24, 2.45) is 5.29 Å². The molecule has 0 bridgehead atoms. The van der Waals surface area contributed by atoms with Gasteiger partial charge in [0, 0.05) is 17.6 Å². The van der Waals surface area contributed by atoms with Gasteiger partial charge in [0.15, 0.2) is 6.23 Å². The third-order valence-electron chi connectivity index (χ3n) is 2.00. The lowest BCUT2D eigenvalue weighted by Crippen LogP contribution is -2.23. The molecule has 0 aromatic heterocycles. The maximum Gasteiger partial charge on any atom is 0.174 e. The molecule has 17 heavy (non-hydrogen) atoms. The Morgan fingerprint density at radius 2 is 1.94 bits per heavy atom. The van der Waals surface area contributed by atoms with E-state index in [1.54, 1.807) is 24.3 Å². The van der Waals surface area contributed by atoms with Crippen LogP contribution in [0.25, 0.3) is 0 Å². The first-order valence-electron chi connectivity index (χ1n) is 4.76. The first-order valence-corrected chi connectivity index (χ1v) is 6.01. The topological polar surface area (TPSA) is 41.9 Å². The highest BCUT2D eigenvalue weighted by Crippen LogP contribution is 2.23. The van der Waals surface area contributed by atoms with Crippen molar-refractivity contribution in [1.29, 1.82) is 0 Å². The van der Waals surface area contributed by atoms with Crippen molar-refractivity contribution >= 4 is 34.8 Å². The van der Waals surface area contributed by atoms with Gasteiger partial charge in [-0.15, -0.1) is 28.1 Å². The van der Waals surface area contributed by atoms with E-state index in [0.29, 0.717) is 5.02 Å². The molecule has 0 aliphatic carbocycles. The van der Waals surface area contributed by atoms with Crippen LogP contribution in [0.1, 0.15) is 11.8 Å². The fraction of sp³-hybridized carbons (Fsp3) is 0.400. The predicted octanol–water partition coefficient (Wildman–Crippen LogP) is 3.77. The highest BCUT2D eigenvalue weighted by molar-refractivity contribution is 6.44. The second-order valence-corrected chi connectivity index (χ2v) is 5.00. The molecule has 0 saturated carbocycles. The molecule has 0 N–H and O–H groups in total. The quantitative estimate of drug-likeness (QED) is 0.347. The molecular weight excluding hydrogens is 286 g/mol. The molecule has 0 heterocycles. The lowest BCUT2D eigenvalue weighted by molar-refractivity contribution is -0.0462. The van der Waals surface area contributed by atoms with Crippen molar-refractivity contribution < 1.29 is 4.74 Å². The lowest BCUT2D eigenvalue weighted by Gasteiger charge is -2.23. The van der Waals surface area contributed by atoms with E-state index in [1.165, 1.54) is 7.05 Å². The van der Waals surface area contributed by atoms with E-state index >= 15 is 0 Å². The van der Waals surface area contributed by atoms with E-state index in [2.05, 4.69) is 5.29 Å². The van der Waals surface area contributed by atoms with E-state index in [0.717, 1.165) is 10.6 Å². The SMILES string of the molecule is CN(N=O)C(OCC(Cl)Cl)c1ccc(Cl)cc1. The number of alkyl halides is 2. The Balaban J connectivity index is 2.81. The van der Waals surface area contributed by atoms with Gasteiger partial charge >= 0.3 is 0 Å². The molecule has 1 atom stereocenters. The molecular formula is C10H11Cl3N2O2. The van der Waals surface area contributed by atoms with Crippen molar-refractivity contribution in [1.82, 2.24) is 5.01 Å². The normalized spacial score (nSPS) is 12.5. The predicted molar refractivity (Wildman–Crippen MR) is 69.2 cm³/mol. The van der Waals surface area contributed by atoms with E-state index in [9.17, 15) is 4.91 Å². The molecule has 0 amide bonds. The maximum absolute atomic E-state index is 10.5. The number of nitroso groups, excluding NO2 is 1. The van der Waals surface area contributed by atoms with Crippen LogP contribution in [0, 0.1) is 4.91 Å². The minimum Gasteiger partial charge on any atom is -0.350 e. The van der Waals surface area contributed by atoms with Crippen molar-refractivity contribution in [3.63, 3.8) is 0 Å². The monoisotopic (exact) mass is 296 g/mol. The van der Waals surface area contributed by atoms with Crippen molar-refractivity contribution in [2.75, 3.05) is 13.7 Å². The average molecular weight is 298 g/mol. The first kappa shape index (κ1) is 14.5. The fourth-order valence-corrected chi connectivity index (χ4v) is 1.53. The van der Waals surface area contributed by atoms with Gasteiger partial charge in [-0.3, -0.25) is 0 Å². The smallest absolute Gasteiger partial charge is 0.174 e. The summed E-state index contributed by atoms with van der Waals surface area (Å²) in [6.07, 6.45) is -0.634. The number of benzene rings is 1. The Labute approximate surface area is 114 Å². The van der Waals surface area contributed by atoms with Crippen LogP contribution in [0.4, 0.5) is 0 Å². The van der Waals surface area contributed by atoms with Gasteiger partial charge in [-0.05, 0) is 12.1 Å². The number of nitrogens with zero attached hydrogens (tertiary/aromatic N) is 2. The van der Waals surface area contributed by atoms with E-state index in [1.807, 2.05) is 0 Å². The van der Waals surface area contributed by atoms with E-state index in [4.69, 9.17) is 39.5 Å². The van der Waals surface area contributed by atoms with Crippen LogP contribution in [-0.4, -0.2) is 23.5 Å². The molecule has 0 saturated heterocycles. The van der Waals surface area contributed by atoms with E-state index in [-0.39, 0.29) is 6.61 Å². The Morgan fingerprint density at radius 1 is 1.35 bits per heavy atom. The zero-order valence-electron chi connectivity index (χ0n) is 9.02. The summed E-state index contributed by atoms with van der Waals surface area (Å²) < 4.78 is 5.41. The average Bonchev–Trinajstić information content (AvgIpc) is 2.30. The van der Waals surface area contributed by atoms with Crippen LogP contribution in [0.2, 0.25) is 5.02 Å². The standard InChI is InChI=1S/C10H11Cl3N2O2/c1-15(14-16)10(17-6-9(12)13)7-2-4-8(11)5-3-7/h2-5,9-10H,6H2,1H3. The highest BCUT2D eigenvalue weighted by Gasteiger charge is 2.18. The van der Waals surface area contributed by atoms with Crippen molar-refractivity contribution in [3.8, 4) is 0 Å². The zero-order valence-corrected chi connectivity index (χ0v) is 11.3. The van der Waals surface area contributed by atoms with Gasteiger partial charge in [0.2, 0.25) is 0 Å². The Hall–Kier alpha value is -0.550. The van der Waals surface area contributed by atoms with Crippen molar-refractivity contribution in [2.45, 2.75) is 11.1 Å². The largest absolute Gasteiger partial charge is 0.350 e. The number of halogens is 3. The number of ether oxygens (including phenoxy) is 1. The van der Waals surface area contributed by atoms with Crippen LogP contribution < -0.4 is 0 Å². The summed E-state index contributed by atoms with van der Waals surface area (Å²) in [6, 6.07) is 6.88. The molecule has 1 unspecified atom stereocenters. The molecule has 7 heteroatoms. The number of hydrogen-bond acceptors (Lipinski definition) is 3. The lowest BCUT2D eigenvalue weighted by atomic mass is 10.2. The second kappa shape index (κ2) is 7.01. The van der Waals surface area contributed by atoms with Gasteiger partial charge in [0.25, 0.3) is 0 Å². The van der Waals surface area contributed by atoms with Gasteiger partial charge in [-0.2, -0.15) is 0 Å². The summed E-state index contributed by atoms with van der Waals surface area (Å²) in [6.45, 7) is 0.0935. The van der Waals surface area contributed by atoms with Crippen LogP contribution in [0.5, 0.6) is 0 Å². The Kier molecular flexibility index (Phi) is 5.98. The summed E-state index contributed by atoms with van der Waals surface area (Å²) in [7, 11) is 1.50. The summed E-state index contributed by atoms with van der Waals surface area (Å²) in [5, 5.41) is 4.54. The molecule has 94 valence electrons. The fourth-order valence-electron chi connectivity index (χ4n) is 1.25. The minimum absolute atomic E-state index is 0.0935. The van der Waals surface area contributed by atoms with Crippen LogP contribution in [0.3, 0.4) is 0 Å². The van der Waals surface area contributed by atoms with Crippen LogP contribution >= 0.6 is 34.8 Å². The zero-order chi connectivity index (χ0) is 12.8. The summed E-state index contributed by atoms with van der Waals surface area (Å²) in [4.78, 5) is 9.87. The summed E-state index contributed by atoms with van der Waals surface area (Å²) in [5.74, 6) is 0. The van der Waals surface area contributed by atoms with Gasteiger partial charge in [-0.1, -0.05) is 23.7 Å². The highest BCUT2D eigenvalue weighted by atomic mass is 35.5. The van der Waals surface area contributed by atoms with Crippen LogP contribution in [-0.2, 0) is 4.74 Å². The van der Waals surface area contributed by atoms with Gasteiger partial charge in [0.1, 0.15) is 4.84 Å². The molecule has 4 nitrogen and oxygen atoms in total. The molecule has 1 aromatic carbocycles. The van der Waals surface area contributed by atoms with Crippen LogP contribution in [0.15, 0.2) is 29.6 Å². The van der Waals surface area contributed by atoms with Gasteiger partial charge < -0.3 is 4.74 Å². The Morgan fingerprint density at radius 3 is 2.41 bits per heavy atom. The maximum atomic E-state index is 10.5. The molecule has 0 aliphatic rings. The molecule has 0 aliphatic heterocycles. The minimum atomic E-state index is -0.662. The summed E-state index contributed by atoms with van der Waals surface area (Å²) in [5.41, 5.74) is 0.741. The number of hydrogen-bond donors (Lipinski definition) is 0. The second-order valence-electron chi connectivity index (χ2n) is 3.28. The molecule has 0 spiro atoms. The summed E-state index contributed by atoms with van der Waals surface area (Å²) >= 11 is 16.9. The van der Waals surface area contributed by atoms with E-state index < -0.39 is 11.1 Å². The van der Waals surface area contributed by atoms with Gasteiger partial charge in [0.05, 0.1) is 11.9 Å². The third kappa shape index (κ3) is 4.68. The molecule has 1 aromatic rings. The Bertz CT molecular complexity index is 359. The molecule has 1 rings (SSSR count). The first-order chi connectivity index (χ1) is 8.04. The third-order valence-corrected chi connectivity index (χ3v) is 2.51. The van der Waals surface area contributed by atoms with Gasteiger partial charge in [-0.25, -0.2) is 5.01 Å². The molecule has 0 fully saturated rings. The number of rotatable bonds is 6. The van der Waals surface area contributed by atoms with Crippen molar-refractivity contribution in [3.05, 3.63) is 39.8 Å².